The van der Waals surface area contributed by atoms with Crippen molar-refractivity contribution in [3.63, 3.8) is 0 Å². The van der Waals surface area contributed by atoms with Crippen molar-refractivity contribution in [2.24, 2.45) is 0 Å². The van der Waals surface area contributed by atoms with Crippen LogP contribution in [0.1, 0.15) is 30.1 Å². The van der Waals surface area contributed by atoms with Gasteiger partial charge in [-0.2, -0.15) is 0 Å². The number of hydrogen-bond acceptors (Lipinski definition) is 4. The Labute approximate surface area is 165 Å². The predicted molar refractivity (Wildman–Crippen MR) is 107 cm³/mol. The highest BCUT2D eigenvalue weighted by molar-refractivity contribution is 5.94. The summed E-state index contributed by atoms with van der Waals surface area (Å²) in [5.41, 5.74) is 0.609. The molecule has 1 N–H and O–H groups in total. The summed E-state index contributed by atoms with van der Waals surface area (Å²) in [4.78, 5) is 26.5. The third-order valence-corrected chi connectivity index (χ3v) is 4.72. The molecule has 0 bridgehead atoms. The Bertz CT molecular complexity index is 769. The molecule has 0 saturated carbocycles. The third kappa shape index (κ3) is 5.49. The van der Waals surface area contributed by atoms with E-state index < -0.39 is 0 Å². The van der Waals surface area contributed by atoms with Gasteiger partial charge >= 0.3 is 0 Å². The fraction of sp³-hybridized carbons (Fsp3) is 0.364. The van der Waals surface area contributed by atoms with Crippen molar-refractivity contribution in [1.82, 2.24) is 10.2 Å². The summed E-state index contributed by atoms with van der Waals surface area (Å²) >= 11 is 0. The first kappa shape index (κ1) is 19.7. The Morgan fingerprint density at radius 1 is 0.964 bits per heavy atom. The van der Waals surface area contributed by atoms with E-state index in [-0.39, 0.29) is 24.5 Å². The molecule has 0 spiro atoms. The first-order valence-corrected chi connectivity index (χ1v) is 9.65. The molecule has 6 heteroatoms. The highest BCUT2D eigenvalue weighted by atomic mass is 16.5. The lowest BCUT2D eigenvalue weighted by molar-refractivity contribution is -0.134. The number of rotatable bonds is 7. The van der Waals surface area contributed by atoms with Crippen LogP contribution in [0, 0.1) is 0 Å². The van der Waals surface area contributed by atoms with Crippen molar-refractivity contribution >= 4 is 11.8 Å². The predicted octanol–water partition coefficient (Wildman–Crippen LogP) is 2.89. The van der Waals surface area contributed by atoms with Gasteiger partial charge < -0.3 is 19.7 Å². The van der Waals surface area contributed by atoms with Gasteiger partial charge in [-0.25, -0.2) is 0 Å². The van der Waals surface area contributed by atoms with Gasteiger partial charge in [0.25, 0.3) is 11.8 Å². The highest BCUT2D eigenvalue weighted by Crippen LogP contribution is 2.15. The second-order valence-electron chi connectivity index (χ2n) is 6.69. The monoisotopic (exact) mass is 382 g/mol. The second-order valence-corrected chi connectivity index (χ2v) is 6.69. The molecule has 148 valence electrons. The highest BCUT2D eigenvalue weighted by Gasteiger charge is 2.24. The Balaban J connectivity index is 1.42. The van der Waals surface area contributed by atoms with Crippen LogP contribution in [0.15, 0.2) is 54.6 Å². The Hall–Kier alpha value is -3.02. The molecule has 2 amide bonds. The molecular formula is C22H26N2O4. The van der Waals surface area contributed by atoms with Gasteiger partial charge in [0, 0.05) is 24.7 Å². The number of benzene rings is 2. The van der Waals surface area contributed by atoms with Crippen LogP contribution in [0.4, 0.5) is 0 Å². The van der Waals surface area contributed by atoms with Gasteiger partial charge in [-0.15, -0.1) is 0 Å². The van der Waals surface area contributed by atoms with Gasteiger partial charge in [-0.1, -0.05) is 18.2 Å². The van der Waals surface area contributed by atoms with Gasteiger partial charge in [0.05, 0.1) is 6.61 Å². The zero-order valence-electron chi connectivity index (χ0n) is 16.1. The third-order valence-electron chi connectivity index (χ3n) is 4.72. The van der Waals surface area contributed by atoms with Crippen molar-refractivity contribution < 1.29 is 19.1 Å². The summed E-state index contributed by atoms with van der Waals surface area (Å²) in [5.74, 6) is 1.32. The normalized spacial score (nSPS) is 14.4. The van der Waals surface area contributed by atoms with Crippen molar-refractivity contribution in [3.05, 3.63) is 60.2 Å². The molecule has 0 radical (unpaired) electrons. The summed E-state index contributed by atoms with van der Waals surface area (Å²) in [6, 6.07) is 16.5. The molecule has 0 aliphatic carbocycles. The number of piperidine rings is 1. The molecule has 3 rings (SSSR count). The molecule has 2 aromatic rings. The summed E-state index contributed by atoms with van der Waals surface area (Å²) < 4.78 is 10.9. The van der Waals surface area contributed by atoms with Crippen LogP contribution in [-0.2, 0) is 4.79 Å². The summed E-state index contributed by atoms with van der Waals surface area (Å²) in [6.45, 7) is 3.79. The van der Waals surface area contributed by atoms with Crippen molar-refractivity contribution in [2.75, 3.05) is 26.3 Å². The van der Waals surface area contributed by atoms with E-state index in [0.29, 0.717) is 31.0 Å². The van der Waals surface area contributed by atoms with Crippen LogP contribution in [0.25, 0.3) is 0 Å². The minimum absolute atomic E-state index is 0.0276. The van der Waals surface area contributed by atoms with Crippen molar-refractivity contribution in [2.45, 2.75) is 25.8 Å². The molecule has 1 heterocycles. The molecule has 0 aromatic heterocycles. The van der Waals surface area contributed by atoms with Gasteiger partial charge in [0.1, 0.15) is 11.5 Å². The van der Waals surface area contributed by atoms with E-state index in [2.05, 4.69) is 5.32 Å². The van der Waals surface area contributed by atoms with E-state index >= 15 is 0 Å². The fourth-order valence-electron chi connectivity index (χ4n) is 3.16. The van der Waals surface area contributed by atoms with Crippen LogP contribution in [0.3, 0.4) is 0 Å². The largest absolute Gasteiger partial charge is 0.494 e. The topological polar surface area (TPSA) is 67.9 Å². The molecule has 1 saturated heterocycles. The molecule has 1 aliphatic rings. The molecule has 28 heavy (non-hydrogen) atoms. The lowest BCUT2D eigenvalue weighted by atomic mass is 10.0. The van der Waals surface area contributed by atoms with Gasteiger partial charge in [-0.05, 0) is 56.2 Å². The number of nitrogens with zero attached hydrogens (tertiary/aromatic N) is 1. The zero-order valence-corrected chi connectivity index (χ0v) is 16.1. The number of amides is 2. The minimum atomic E-state index is -0.0970. The fourth-order valence-corrected chi connectivity index (χ4v) is 3.16. The van der Waals surface area contributed by atoms with E-state index in [0.717, 1.165) is 18.6 Å². The lowest BCUT2D eigenvalue weighted by Crippen LogP contribution is -2.47. The average molecular weight is 382 g/mol. The van der Waals surface area contributed by atoms with E-state index in [1.54, 1.807) is 29.2 Å². The molecule has 2 aromatic carbocycles. The second kappa shape index (κ2) is 9.78. The van der Waals surface area contributed by atoms with E-state index in [1.807, 2.05) is 37.3 Å². The maximum absolute atomic E-state index is 12.4. The zero-order chi connectivity index (χ0) is 19.8. The van der Waals surface area contributed by atoms with Crippen LogP contribution in [0.5, 0.6) is 11.5 Å². The first-order valence-electron chi connectivity index (χ1n) is 9.65. The quantitative estimate of drug-likeness (QED) is 0.800. The standard InChI is InChI=1S/C22H26N2O4/c1-2-27-20-10-8-17(9-11-20)22(26)23-18-12-14-24(15-13-18)21(25)16-28-19-6-4-3-5-7-19/h3-11,18H,2,12-16H2,1H3,(H,23,26). The number of carbonyl (C=O) groups excluding carboxylic acids is 2. The number of likely N-dealkylation sites (tertiary alicyclic amines) is 1. The number of ether oxygens (including phenoxy) is 2. The Morgan fingerprint density at radius 2 is 1.61 bits per heavy atom. The molecule has 0 atom stereocenters. The molecule has 1 aliphatic heterocycles. The lowest BCUT2D eigenvalue weighted by Gasteiger charge is -2.32. The van der Waals surface area contributed by atoms with Crippen LogP contribution in [0.2, 0.25) is 0 Å². The first-order chi connectivity index (χ1) is 13.7. The van der Waals surface area contributed by atoms with E-state index in [4.69, 9.17) is 9.47 Å². The van der Waals surface area contributed by atoms with E-state index in [1.165, 1.54) is 0 Å². The number of carbonyl (C=O) groups is 2. The number of hydrogen-bond donors (Lipinski definition) is 1. The minimum Gasteiger partial charge on any atom is -0.494 e. The summed E-state index contributed by atoms with van der Waals surface area (Å²) in [5, 5.41) is 3.05. The van der Waals surface area contributed by atoms with Crippen molar-refractivity contribution in [3.8, 4) is 11.5 Å². The number of nitrogens with one attached hydrogen (secondary N) is 1. The summed E-state index contributed by atoms with van der Waals surface area (Å²) in [6.07, 6.45) is 1.47. The maximum Gasteiger partial charge on any atom is 0.260 e. The molecule has 0 unspecified atom stereocenters. The molecular weight excluding hydrogens is 356 g/mol. The van der Waals surface area contributed by atoms with Crippen LogP contribution >= 0.6 is 0 Å². The molecule has 6 nitrogen and oxygen atoms in total. The average Bonchev–Trinajstić information content (AvgIpc) is 2.74. The van der Waals surface area contributed by atoms with Crippen molar-refractivity contribution in [1.29, 1.82) is 0 Å². The van der Waals surface area contributed by atoms with Gasteiger partial charge in [-0.3, -0.25) is 9.59 Å². The van der Waals surface area contributed by atoms with E-state index in [9.17, 15) is 9.59 Å². The van der Waals surface area contributed by atoms with Crippen LogP contribution in [-0.4, -0.2) is 49.1 Å². The van der Waals surface area contributed by atoms with Gasteiger partial charge in [0.15, 0.2) is 6.61 Å². The smallest absolute Gasteiger partial charge is 0.260 e. The Kier molecular flexibility index (Phi) is 6.89. The van der Waals surface area contributed by atoms with Gasteiger partial charge in [0.2, 0.25) is 0 Å². The SMILES string of the molecule is CCOc1ccc(C(=O)NC2CCN(C(=O)COc3ccccc3)CC2)cc1. The maximum atomic E-state index is 12.4. The summed E-state index contributed by atoms with van der Waals surface area (Å²) in [7, 11) is 0. The molecule has 1 fully saturated rings. The Morgan fingerprint density at radius 3 is 2.25 bits per heavy atom. The van der Waals surface area contributed by atoms with Crippen LogP contribution < -0.4 is 14.8 Å². The number of para-hydroxylation sites is 1.